The molecule has 0 aliphatic heterocycles. The standard InChI is InChI=1S/C18H19FN4O3/c1-21-18(24)23-7-4-12-9-16(26-13-3-6-22-17(20)10-13)15(11-14(12)23)25-8-2-5-19/h3-4,6-7,9-11H,2,5,8H2,1H3,(H2,20,22)(H,21,24). The number of fused-ring (bicyclic) bond motifs is 1. The predicted octanol–water partition coefficient (Wildman–Crippen LogP) is 3.34. The molecular weight excluding hydrogens is 339 g/mol. The van der Waals surface area contributed by atoms with Crippen molar-refractivity contribution in [2.24, 2.45) is 0 Å². The predicted molar refractivity (Wildman–Crippen MR) is 96.6 cm³/mol. The summed E-state index contributed by atoms with van der Waals surface area (Å²) in [5, 5.41) is 3.37. The van der Waals surface area contributed by atoms with Gasteiger partial charge in [0.15, 0.2) is 11.5 Å². The van der Waals surface area contributed by atoms with Crippen molar-refractivity contribution in [2.75, 3.05) is 26.1 Å². The molecule has 2 aromatic heterocycles. The number of hydrogen-bond donors (Lipinski definition) is 2. The number of hydrogen-bond acceptors (Lipinski definition) is 5. The fourth-order valence-electron chi connectivity index (χ4n) is 2.49. The van der Waals surface area contributed by atoms with Gasteiger partial charge in [-0.25, -0.2) is 9.78 Å². The van der Waals surface area contributed by atoms with E-state index in [4.69, 9.17) is 15.2 Å². The number of nitrogens with zero attached hydrogens (tertiary/aromatic N) is 2. The van der Waals surface area contributed by atoms with Gasteiger partial charge in [0, 0.05) is 43.4 Å². The van der Waals surface area contributed by atoms with Crippen LogP contribution in [0.1, 0.15) is 6.42 Å². The maximum Gasteiger partial charge on any atom is 0.325 e. The largest absolute Gasteiger partial charge is 0.489 e. The zero-order valence-corrected chi connectivity index (χ0v) is 14.2. The third-order valence-corrected chi connectivity index (χ3v) is 3.70. The Kier molecular flexibility index (Phi) is 5.21. The minimum Gasteiger partial charge on any atom is -0.489 e. The van der Waals surface area contributed by atoms with E-state index in [-0.39, 0.29) is 19.1 Å². The van der Waals surface area contributed by atoms with Crippen LogP contribution in [-0.2, 0) is 0 Å². The van der Waals surface area contributed by atoms with Crippen LogP contribution >= 0.6 is 0 Å². The van der Waals surface area contributed by atoms with Gasteiger partial charge in [0.2, 0.25) is 0 Å². The Morgan fingerprint density at radius 3 is 2.88 bits per heavy atom. The van der Waals surface area contributed by atoms with E-state index in [0.717, 1.165) is 5.39 Å². The van der Waals surface area contributed by atoms with Crippen LogP contribution in [0.2, 0.25) is 0 Å². The molecule has 0 aliphatic carbocycles. The molecule has 7 nitrogen and oxygen atoms in total. The van der Waals surface area contributed by atoms with Gasteiger partial charge in [-0.15, -0.1) is 0 Å². The van der Waals surface area contributed by atoms with Crippen LogP contribution in [0.25, 0.3) is 10.9 Å². The van der Waals surface area contributed by atoms with Gasteiger partial charge in [0.1, 0.15) is 11.6 Å². The van der Waals surface area contributed by atoms with Gasteiger partial charge in [-0.05, 0) is 18.2 Å². The lowest BCUT2D eigenvalue weighted by Crippen LogP contribution is -2.23. The molecule has 2 heterocycles. The number of nitrogen functional groups attached to an aromatic ring is 1. The molecule has 0 aliphatic rings. The third kappa shape index (κ3) is 3.69. The molecule has 0 fully saturated rings. The number of alkyl halides is 1. The minimum atomic E-state index is -0.478. The van der Waals surface area contributed by atoms with Gasteiger partial charge in [0.05, 0.1) is 18.8 Å². The summed E-state index contributed by atoms with van der Waals surface area (Å²) < 4.78 is 25.4. The lowest BCUT2D eigenvalue weighted by molar-refractivity contribution is 0.245. The summed E-state index contributed by atoms with van der Waals surface area (Å²) in [5.74, 6) is 1.67. The van der Waals surface area contributed by atoms with E-state index in [2.05, 4.69) is 10.3 Å². The number of amides is 1. The highest BCUT2D eigenvalue weighted by Gasteiger charge is 2.14. The Morgan fingerprint density at radius 2 is 2.15 bits per heavy atom. The Morgan fingerprint density at radius 1 is 1.31 bits per heavy atom. The van der Waals surface area contributed by atoms with Crippen LogP contribution < -0.4 is 20.5 Å². The molecule has 3 N–H and O–H groups in total. The topological polar surface area (TPSA) is 91.4 Å². The summed E-state index contributed by atoms with van der Waals surface area (Å²) in [6.45, 7) is -0.286. The second-order valence-corrected chi connectivity index (χ2v) is 5.51. The van der Waals surface area contributed by atoms with Crippen LogP contribution in [0.5, 0.6) is 17.2 Å². The van der Waals surface area contributed by atoms with Gasteiger partial charge < -0.3 is 20.5 Å². The summed E-state index contributed by atoms with van der Waals surface area (Å²) in [6.07, 6.45) is 3.45. The molecule has 1 aromatic carbocycles. The average Bonchev–Trinajstić information content (AvgIpc) is 3.04. The van der Waals surface area contributed by atoms with E-state index in [1.165, 1.54) is 10.8 Å². The first-order valence-electron chi connectivity index (χ1n) is 8.07. The SMILES string of the molecule is CNC(=O)n1ccc2cc(Oc3ccnc(N)c3)c(OCCCF)cc21. The van der Waals surface area contributed by atoms with Crippen molar-refractivity contribution in [3.05, 3.63) is 42.7 Å². The molecule has 0 saturated carbocycles. The maximum atomic E-state index is 12.4. The summed E-state index contributed by atoms with van der Waals surface area (Å²) in [6, 6.07) is 8.24. The van der Waals surface area contributed by atoms with Gasteiger partial charge >= 0.3 is 6.03 Å². The third-order valence-electron chi connectivity index (χ3n) is 3.70. The first kappa shape index (κ1) is 17.5. The molecule has 136 valence electrons. The number of rotatable bonds is 6. The molecule has 0 unspecified atom stereocenters. The molecule has 26 heavy (non-hydrogen) atoms. The Bertz CT molecular complexity index is 926. The lowest BCUT2D eigenvalue weighted by Gasteiger charge is -2.14. The van der Waals surface area contributed by atoms with E-state index in [9.17, 15) is 9.18 Å². The van der Waals surface area contributed by atoms with E-state index in [1.54, 1.807) is 43.6 Å². The smallest absolute Gasteiger partial charge is 0.325 e. The van der Waals surface area contributed by atoms with E-state index < -0.39 is 6.67 Å². The van der Waals surface area contributed by atoms with Gasteiger partial charge in [0.25, 0.3) is 0 Å². The van der Waals surface area contributed by atoms with Gasteiger partial charge in [-0.2, -0.15) is 0 Å². The van der Waals surface area contributed by atoms with Crippen LogP contribution in [0.3, 0.4) is 0 Å². The number of ether oxygens (including phenoxy) is 2. The molecule has 8 heteroatoms. The van der Waals surface area contributed by atoms with Crippen molar-refractivity contribution in [2.45, 2.75) is 6.42 Å². The highest BCUT2D eigenvalue weighted by atomic mass is 19.1. The number of carbonyl (C=O) groups is 1. The summed E-state index contributed by atoms with van der Waals surface area (Å²) in [5.41, 5.74) is 6.33. The van der Waals surface area contributed by atoms with Crippen molar-refractivity contribution in [1.82, 2.24) is 14.9 Å². The van der Waals surface area contributed by atoms with E-state index in [0.29, 0.717) is 28.6 Å². The van der Waals surface area contributed by atoms with Crippen molar-refractivity contribution < 1.29 is 18.7 Å². The Labute approximate surface area is 149 Å². The first-order chi connectivity index (χ1) is 12.6. The zero-order chi connectivity index (χ0) is 18.5. The number of anilines is 1. The van der Waals surface area contributed by atoms with Crippen LogP contribution in [0.15, 0.2) is 42.7 Å². The summed E-state index contributed by atoms with van der Waals surface area (Å²) in [7, 11) is 1.55. The molecule has 0 atom stereocenters. The average molecular weight is 358 g/mol. The fourth-order valence-corrected chi connectivity index (χ4v) is 2.49. The van der Waals surface area contributed by atoms with Crippen molar-refractivity contribution in [3.8, 4) is 17.2 Å². The second kappa shape index (κ2) is 7.73. The zero-order valence-electron chi connectivity index (χ0n) is 14.2. The van der Waals surface area contributed by atoms with Crippen LogP contribution in [0.4, 0.5) is 15.0 Å². The van der Waals surface area contributed by atoms with Gasteiger partial charge in [-0.1, -0.05) is 0 Å². The minimum absolute atomic E-state index is 0.192. The lowest BCUT2D eigenvalue weighted by atomic mass is 10.2. The number of carbonyl (C=O) groups excluding carboxylic acids is 1. The Hall–Kier alpha value is -3.29. The molecule has 1 amide bonds. The normalized spacial score (nSPS) is 10.7. The number of pyridine rings is 1. The highest BCUT2D eigenvalue weighted by Crippen LogP contribution is 2.36. The Balaban J connectivity index is 2.01. The first-order valence-corrected chi connectivity index (χ1v) is 8.07. The fraction of sp³-hybridized carbons (Fsp3) is 0.222. The van der Waals surface area contributed by atoms with E-state index >= 15 is 0 Å². The number of halogens is 1. The number of nitrogens with two attached hydrogens (primary N) is 1. The molecule has 0 saturated heterocycles. The van der Waals surface area contributed by atoms with Crippen LogP contribution in [-0.4, -0.2) is 35.9 Å². The maximum absolute atomic E-state index is 12.4. The number of aromatic nitrogens is 2. The van der Waals surface area contributed by atoms with Crippen molar-refractivity contribution in [3.63, 3.8) is 0 Å². The highest BCUT2D eigenvalue weighted by molar-refractivity contribution is 5.93. The van der Waals surface area contributed by atoms with Gasteiger partial charge in [-0.3, -0.25) is 8.96 Å². The summed E-state index contributed by atoms with van der Waals surface area (Å²) >= 11 is 0. The molecule has 0 spiro atoms. The molecule has 3 aromatic rings. The molecular formula is C18H19FN4O3. The monoisotopic (exact) mass is 358 g/mol. The van der Waals surface area contributed by atoms with Crippen molar-refractivity contribution >= 4 is 22.8 Å². The second-order valence-electron chi connectivity index (χ2n) is 5.51. The van der Waals surface area contributed by atoms with Crippen LogP contribution in [0, 0.1) is 0 Å². The molecule has 0 bridgehead atoms. The van der Waals surface area contributed by atoms with E-state index in [1.807, 2.05) is 0 Å². The summed E-state index contributed by atoms with van der Waals surface area (Å²) in [4.78, 5) is 15.9. The number of nitrogens with one attached hydrogen (secondary N) is 1. The number of benzene rings is 1. The molecule has 0 radical (unpaired) electrons. The van der Waals surface area contributed by atoms with Crippen molar-refractivity contribution in [1.29, 1.82) is 0 Å². The molecule has 3 rings (SSSR count). The quantitative estimate of drug-likeness (QED) is 0.660.